The van der Waals surface area contributed by atoms with Gasteiger partial charge in [-0.3, -0.25) is 4.98 Å². The highest BCUT2D eigenvalue weighted by atomic mass is 19.1. The number of benzene rings is 1. The highest BCUT2D eigenvalue weighted by Gasteiger charge is 2.32. The quantitative estimate of drug-likeness (QED) is 0.533. The summed E-state index contributed by atoms with van der Waals surface area (Å²) in [5.74, 6) is 0.986. The van der Waals surface area contributed by atoms with E-state index in [0.717, 1.165) is 59.1 Å². The molecule has 1 saturated heterocycles. The molecule has 1 aliphatic heterocycles. The average Bonchev–Trinajstić information content (AvgIpc) is 3.50. The van der Waals surface area contributed by atoms with Crippen molar-refractivity contribution in [2.75, 3.05) is 6.61 Å². The summed E-state index contributed by atoms with van der Waals surface area (Å²) in [7, 11) is 0. The van der Waals surface area contributed by atoms with Crippen molar-refractivity contribution in [1.29, 1.82) is 5.53 Å². The van der Waals surface area contributed by atoms with Crippen LogP contribution in [-0.2, 0) is 11.3 Å². The third-order valence-corrected chi connectivity index (χ3v) is 6.22. The van der Waals surface area contributed by atoms with Crippen molar-refractivity contribution >= 4 is 21.9 Å². The maximum atomic E-state index is 14.2. The molecule has 0 radical (unpaired) electrons. The summed E-state index contributed by atoms with van der Waals surface area (Å²) in [6.07, 6.45) is 7.49. The van der Waals surface area contributed by atoms with Crippen LogP contribution in [-0.4, -0.2) is 26.7 Å². The van der Waals surface area contributed by atoms with Crippen LogP contribution in [0.5, 0.6) is 0 Å². The lowest BCUT2D eigenvalue weighted by Crippen LogP contribution is -2.35. The van der Waals surface area contributed by atoms with Crippen LogP contribution < -0.4 is 5.32 Å². The Balaban J connectivity index is 1.60. The normalized spacial score (nSPS) is 21.5. The molecule has 1 unspecified atom stereocenters. The van der Waals surface area contributed by atoms with E-state index in [4.69, 9.17) is 15.3 Å². The molecule has 0 spiro atoms. The first kappa shape index (κ1) is 20.1. The van der Waals surface area contributed by atoms with Gasteiger partial charge in [0.25, 0.3) is 0 Å². The fourth-order valence-electron chi connectivity index (χ4n) is 4.60. The largest absolute Gasteiger partial charge is 0.382 e. The summed E-state index contributed by atoms with van der Waals surface area (Å²) in [6, 6.07) is 4.89. The number of fused-ring (bicyclic) bond motifs is 3. The van der Waals surface area contributed by atoms with Crippen LogP contribution in [0.4, 0.5) is 4.39 Å². The van der Waals surface area contributed by atoms with Gasteiger partial charge in [0.05, 0.1) is 35.1 Å². The number of hydrogen-bond donors (Lipinski definition) is 2. The number of pyridine rings is 1. The van der Waals surface area contributed by atoms with Crippen LogP contribution in [0.1, 0.15) is 51.4 Å². The van der Waals surface area contributed by atoms with E-state index in [0.29, 0.717) is 19.1 Å². The van der Waals surface area contributed by atoms with E-state index in [-0.39, 0.29) is 17.5 Å². The van der Waals surface area contributed by atoms with Crippen molar-refractivity contribution in [3.63, 3.8) is 0 Å². The molecule has 31 heavy (non-hydrogen) atoms. The molecular formula is C23H27FN6O. The first-order valence-electron chi connectivity index (χ1n) is 10.8. The van der Waals surface area contributed by atoms with Crippen LogP contribution in [0, 0.1) is 17.3 Å². The molecule has 2 fully saturated rings. The van der Waals surface area contributed by atoms with Crippen molar-refractivity contribution in [2.24, 2.45) is 11.0 Å². The lowest BCUT2D eigenvalue weighted by atomic mass is 9.93. The number of nitrogens with zero attached hydrogens (tertiary/aromatic N) is 4. The number of hydrogen-bond acceptors (Lipinski definition) is 6. The third-order valence-electron chi connectivity index (χ3n) is 6.22. The van der Waals surface area contributed by atoms with Crippen molar-refractivity contribution in [3.8, 4) is 0 Å². The van der Waals surface area contributed by atoms with Crippen LogP contribution in [0.3, 0.4) is 0 Å². The molecule has 2 aliphatic rings. The van der Waals surface area contributed by atoms with Gasteiger partial charge in [-0.05, 0) is 57.7 Å². The van der Waals surface area contributed by atoms with Gasteiger partial charge in [-0.25, -0.2) is 14.9 Å². The summed E-state index contributed by atoms with van der Waals surface area (Å²) in [6.45, 7) is 5.38. The molecule has 1 saturated carbocycles. The van der Waals surface area contributed by atoms with Gasteiger partial charge in [-0.1, -0.05) is 0 Å². The minimum Gasteiger partial charge on any atom is -0.382 e. The number of rotatable bonds is 6. The van der Waals surface area contributed by atoms with E-state index in [1.54, 1.807) is 18.3 Å². The van der Waals surface area contributed by atoms with Gasteiger partial charge < -0.3 is 14.6 Å². The van der Waals surface area contributed by atoms with Gasteiger partial charge in [0.1, 0.15) is 17.2 Å². The maximum absolute atomic E-state index is 14.2. The number of aromatic nitrogens is 3. The summed E-state index contributed by atoms with van der Waals surface area (Å²) in [5, 5.41) is 7.74. The Morgan fingerprint density at radius 3 is 2.94 bits per heavy atom. The number of allylic oxidation sites excluding steroid dienone is 1. The molecule has 5 rings (SSSR count). The predicted molar refractivity (Wildman–Crippen MR) is 116 cm³/mol. The molecule has 7 nitrogen and oxygen atoms in total. The zero-order valence-corrected chi connectivity index (χ0v) is 17.9. The molecule has 0 bridgehead atoms. The molecular weight excluding hydrogens is 395 g/mol. The minimum atomic E-state index is -0.282. The van der Waals surface area contributed by atoms with Crippen LogP contribution in [0.15, 0.2) is 41.4 Å². The van der Waals surface area contributed by atoms with Crippen molar-refractivity contribution in [2.45, 2.75) is 57.7 Å². The lowest BCUT2D eigenvalue weighted by molar-refractivity contribution is -0.0688. The molecule has 8 heteroatoms. The summed E-state index contributed by atoms with van der Waals surface area (Å²) >= 11 is 0. The van der Waals surface area contributed by atoms with E-state index >= 15 is 0 Å². The molecule has 162 valence electrons. The van der Waals surface area contributed by atoms with Gasteiger partial charge in [-0.2, -0.15) is 5.11 Å². The zero-order valence-electron chi connectivity index (χ0n) is 17.9. The van der Waals surface area contributed by atoms with E-state index in [9.17, 15) is 4.39 Å². The first-order chi connectivity index (χ1) is 14.9. The van der Waals surface area contributed by atoms with Crippen LogP contribution in [0.25, 0.3) is 21.9 Å². The van der Waals surface area contributed by atoms with Crippen molar-refractivity contribution < 1.29 is 9.13 Å². The van der Waals surface area contributed by atoms with Gasteiger partial charge in [0.15, 0.2) is 0 Å². The molecule has 3 heterocycles. The van der Waals surface area contributed by atoms with E-state index in [1.165, 1.54) is 6.07 Å². The smallest absolute Gasteiger partial charge is 0.129 e. The zero-order chi connectivity index (χ0) is 21.6. The van der Waals surface area contributed by atoms with E-state index in [2.05, 4.69) is 33.8 Å². The van der Waals surface area contributed by atoms with Crippen LogP contribution in [0.2, 0.25) is 0 Å². The minimum absolute atomic E-state index is 0.187. The molecule has 1 aliphatic carbocycles. The molecule has 0 amide bonds. The SMILES string of the molecule is CC1(C)CC(n2c(CN/C=C(\N=N)C3CC3)nc3cnc4ccc(F)cc4c32)CCO1. The predicted octanol–water partition coefficient (Wildman–Crippen LogP) is 5.23. The van der Waals surface area contributed by atoms with Gasteiger partial charge in [-0.15, -0.1) is 0 Å². The lowest BCUT2D eigenvalue weighted by Gasteiger charge is -2.37. The maximum Gasteiger partial charge on any atom is 0.129 e. The Morgan fingerprint density at radius 2 is 2.19 bits per heavy atom. The standard InChI is InChI=1S/C23H27FN6O/c1-23(2)10-16(7-8-31-23)30-21(13-26-11-19(29-25)14-3-4-14)28-20-12-27-18-6-5-15(24)9-17(18)22(20)30/h5-6,9,11-12,14,16,25-26H,3-4,7-8,10,13H2,1-2H3/b19-11-,29-25?. The summed E-state index contributed by atoms with van der Waals surface area (Å²) in [5.41, 5.74) is 10.4. The van der Waals surface area contributed by atoms with Crippen molar-refractivity contribution in [3.05, 3.63) is 47.9 Å². The van der Waals surface area contributed by atoms with Crippen LogP contribution >= 0.6 is 0 Å². The summed E-state index contributed by atoms with van der Waals surface area (Å²) in [4.78, 5) is 9.36. The Hall–Kier alpha value is -2.87. The Kier molecular flexibility index (Phi) is 4.97. The topological polar surface area (TPSA) is 88.2 Å². The Labute approximate surface area is 180 Å². The molecule has 2 aromatic heterocycles. The Morgan fingerprint density at radius 1 is 1.35 bits per heavy atom. The number of ether oxygens (including phenoxy) is 1. The number of imidazole rings is 1. The van der Waals surface area contributed by atoms with Gasteiger partial charge in [0.2, 0.25) is 0 Å². The fourth-order valence-corrected chi connectivity index (χ4v) is 4.60. The second kappa shape index (κ2) is 7.67. The van der Waals surface area contributed by atoms with E-state index in [1.807, 2.05) is 6.20 Å². The van der Waals surface area contributed by atoms with Crippen molar-refractivity contribution in [1.82, 2.24) is 19.9 Å². The average molecular weight is 423 g/mol. The molecule has 1 aromatic carbocycles. The number of halogens is 1. The highest BCUT2D eigenvalue weighted by Crippen LogP contribution is 2.38. The third kappa shape index (κ3) is 3.92. The van der Waals surface area contributed by atoms with Gasteiger partial charge >= 0.3 is 0 Å². The molecule has 2 N–H and O–H groups in total. The van der Waals surface area contributed by atoms with Gasteiger partial charge in [0, 0.05) is 30.2 Å². The first-order valence-corrected chi connectivity index (χ1v) is 10.8. The Bertz CT molecular complexity index is 1180. The molecule has 1 atom stereocenters. The fraction of sp³-hybridized carbons (Fsp3) is 0.478. The second-order valence-electron chi connectivity index (χ2n) is 9.14. The summed E-state index contributed by atoms with van der Waals surface area (Å²) < 4.78 is 22.4. The second-order valence-corrected chi connectivity index (χ2v) is 9.14. The van der Waals surface area contributed by atoms with E-state index < -0.39 is 0 Å². The monoisotopic (exact) mass is 422 g/mol. The molecule has 3 aromatic rings. The highest BCUT2D eigenvalue weighted by molar-refractivity contribution is 6.02. The number of nitrogens with one attached hydrogen (secondary N) is 2.